The molecule has 2 aromatic carbocycles. The first-order valence-corrected chi connectivity index (χ1v) is 9.06. The summed E-state index contributed by atoms with van der Waals surface area (Å²) in [4.78, 5) is 31.2. The molecule has 0 atom stereocenters. The van der Waals surface area contributed by atoms with E-state index < -0.39 is 17.3 Å². The minimum atomic E-state index is -0.575. The molecule has 3 rings (SSSR count). The number of carbonyl (C=O) groups is 1. The van der Waals surface area contributed by atoms with Crippen molar-refractivity contribution in [2.24, 2.45) is 0 Å². The third kappa shape index (κ3) is 4.73. The molecule has 1 aromatic heterocycles. The average molecular weight is 384 g/mol. The molecule has 0 bridgehead atoms. The fraction of sp³-hybridized carbons (Fsp3) is 0.105. The molecule has 4 N–H and O–H groups in total. The summed E-state index contributed by atoms with van der Waals surface area (Å²) in [6.45, 7) is 2.01. The van der Waals surface area contributed by atoms with E-state index in [1.807, 2.05) is 31.2 Å². The van der Waals surface area contributed by atoms with Crippen LogP contribution in [0.3, 0.4) is 0 Å². The molecule has 0 saturated heterocycles. The van der Waals surface area contributed by atoms with E-state index in [2.05, 4.69) is 15.3 Å². The molecule has 6 nitrogen and oxygen atoms in total. The number of halogens is 1. The Morgan fingerprint density at radius 2 is 1.85 bits per heavy atom. The lowest BCUT2D eigenvalue weighted by molar-refractivity contribution is 0.102. The van der Waals surface area contributed by atoms with Gasteiger partial charge in [0.2, 0.25) is 0 Å². The lowest BCUT2D eigenvalue weighted by Gasteiger charge is -2.08. The Hall–Kier alpha value is -3.13. The number of rotatable bonds is 5. The van der Waals surface area contributed by atoms with Gasteiger partial charge in [-0.2, -0.15) is 0 Å². The second kappa shape index (κ2) is 8.05. The molecule has 27 heavy (non-hydrogen) atoms. The third-order valence-electron chi connectivity index (χ3n) is 3.77. The SMILES string of the molecule is Cc1ccc(CSc2nc(N)c(NC(=O)c3ccc(F)cc3)c(=O)[nH]2)cc1. The van der Waals surface area contributed by atoms with Gasteiger partial charge in [-0.25, -0.2) is 9.37 Å². The highest BCUT2D eigenvalue weighted by atomic mass is 32.2. The van der Waals surface area contributed by atoms with Crippen molar-refractivity contribution in [3.05, 3.63) is 81.4 Å². The molecule has 0 aliphatic heterocycles. The molecule has 138 valence electrons. The van der Waals surface area contributed by atoms with Gasteiger partial charge in [0.25, 0.3) is 11.5 Å². The molecule has 3 aromatic rings. The summed E-state index contributed by atoms with van der Waals surface area (Å²) in [6, 6.07) is 13.0. The smallest absolute Gasteiger partial charge is 0.277 e. The molecule has 0 spiro atoms. The standard InChI is InChI=1S/C19H17FN4O2S/c1-11-2-4-12(5-3-11)10-27-19-23-16(21)15(18(26)24-19)22-17(25)13-6-8-14(20)9-7-13/h2-9H,10H2,1H3,(H,22,25)(H3,21,23,24,26). The van der Waals surface area contributed by atoms with E-state index in [-0.39, 0.29) is 17.1 Å². The Morgan fingerprint density at radius 3 is 2.48 bits per heavy atom. The maximum atomic E-state index is 12.9. The lowest BCUT2D eigenvalue weighted by Crippen LogP contribution is -2.23. The van der Waals surface area contributed by atoms with Crippen LogP contribution in [0.15, 0.2) is 58.5 Å². The van der Waals surface area contributed by atoms with Crippen LogP contribution in [0.4, 0.5) is 15.9 Å². The Labute approximate surface area is 159 Å². The van der Waals surface area contributed by atoms with Crippen LogP contribution in [0.1, 0.15) is 21.5 Å². The summed E-state index contributed by atoms with van der Waals surface area (Å²) >= 11 is 1.33. The van der Waals surface area contributed by atoms with Crippen LogP contribution in [0.2, 0.25) is 0 Å². The second-order valence-corrected chi connectivity index (χ2v) is 6.83. The Balaban J connectivity index is 1.72. The number of aryl methyl sites for hydroxylation is 1. The largest absolute Gasteiger partial charge is 0.382 e. The summed E-state index contributed by atoms with van der Waals surface area (Å²) in [5, 5.41) is 2.78. The van der Waals surface area contributed by atoms with Gasteiger partial charge >= 0.3 is 0 Å². The molecule has 0 aliphatic carbocycles. The van der Waals surface area contributed by atoms with Crippen molar-refractivity contribution in [3.8, 4) is 0 Å². The van der Waals surface area contributed by atoms with Gasteiger partial charge in [0.1, 0.15) is 11.5 Å². The Morgan fingerprint density at radius 1 is 1.19 bits per heavy atom. The molecule has 1 heterocycles. The van der Waals surface area contributed by atoms with Gasteiger partial charge in [-0.15, -0.1) is 0 Å². The van der Waals surface area contributed by atoms with Crippen molar-refractivity contribution in [3.63, 3.8) is 0 Å². The predicted octanol–water partition coefficient (Wildman–Crippen LogP) is 3.34. The number of thioether (sulfide) groups is 1. The fourth-order valence-electron chi connectivity index (χ4n) is 2.28. The highest BCUT2D eigenvalue weighted by Crippen LogP contribution is 2.21. The number of nitrogens with two attached hydrogens (primary N) is 1. The van der Waals surface area contributed by atoms with Crippen molar-refractivity contribution in [1.82, 2.24) is 9.97 Å². The molecule has 0 saturated carbocycles. The van der Waals surface area contributed by atoms with Crippen molar-refractivity contribution in [2.45, 2.75) is 17.8 Å². The normalized spacial score (nSPS) is 10.6. The number of aromatic amines is 1. The van der Waals surface area contributed by atoms with Gasteiger partial charge in [0.15, 0.2) is 11.0 Å². The monoisotopic (exact) mass is 384 g/mol. The minimum Gasteiger partial charge on any atom is -0.382 e. The number of benzene rings is 2. The summed E-state index contributed by atoms with van der Waals surface area (Å²) in [5.74, 6) is -0.501. The van der Waals surface area contributed by atoms with E-state index in [1.165, 1.54) is 29.5 Å². The number of nitrogen functional groups attached to an aromatic ring is 1. The van der Waals surface area contributed by atoms with Crippen LogP contribution in [0, 0.1) is 12.7 Å². The van der Waals surface area contributed by atoms with Crippen LogP contribution >= 0.6 is 11.8 Å². The van der Waals surface area contributed by atoms with Crippen LogP contribution in [0.5, 0.6) is 0 Å². The van der Waals surface area contributed by atoms with Gasteiger partial charge in [0, 0.05) is 11.3 Å². The first-order chi connectivity index (χ1) is 12.9. The average Bonchev–Trinajstić information content (AvgIpc) is 2.64. The van der Waals surface area contributed by atoms with Crippen LogP contribution < -0.4 is 16.6 Å². The Bertz CT molecular complexity index is 1020. The van der Waals surface area contributed by atoms with Gasteiger partial charge in [0.05, 0.1) is 0 Å². The number of hydrogen-bond acceptors (Lipinski definition) is 5. The zero-order valence-corrected chi connectivity index (χ0v) is 15.3. The second-order valence-electron chi connectivity index (χ2n) is 5.87. The number of nitrogens with one attached hydrogen (secondary N) is 2. The molecule has 1 amide bonds. The highest BCUT2D eigenvalue weighted by molar-refractivity contribution is 7.98. The van der Waals surface area contributed by atoms with Crippen molar-refractivity contribution in [2.75, 3.05) is 11.1 Å². The molecule has 0 unspecified atom stereocenters. The molecular weight excluding hydrogens is 367 g/mol. The van der Waals surface area contributed by atoms with E-state index in [4.69, 9.17) is 5.73 Å². The predicted molar refractivity (Wildman–Crippen MR) is 104 cm³/mol. The topological polar surface area (TPSA) is 101 Å². The summed E-state index contributed by atoms with van der Waals surface area (Å²) in [6.07, 6.45) is 0. The summed E-state index contributed by atoms with van der Waals surface area (Å²) in [7, 11) is 0. The van der Waals surface area contributed by atoms with Crippen LogP contribution in [-0.4, -0.2) is 15.9 Å². The minimum absolute atomic E-state index is 0.0828. The van der Waals surface area contributed by atoms with E-state index in [0.29, 0.717) is 10.9 Å². The van der Waals surface area contributed by atoms with Gasteiger partial charge in [-0.05, 0) is 36.8 Å². The molecule has 0 radical (unpaired) electrons. The summed E-state index contributed by atoms with van der Waals surface area (Å²) < 4.78 is 12.9. The third-order valence-corrected chi connectivity index (χ3v) is 4.71. The fourth-order valence-corrected chi connectivity index (χ4v) is 3.10. The van der Waals surface area contributed by atoms with Crippen LogP contribution in [-0.2, 0) is 5.75 Å². The van der Waals surface area contributed by atoms with Gasteiger partial charge in [-0.3, -0.25) is 14.6 Å². The van der Waals surface area contributed by atoms with Gasteiger partial charge in [-0.1, -0.05) is 41.6 Å². The Kier molecular flexibility index (Phi) is 5.56. The van der Waals surface area contributed by atoms with Crippen LogP contribution in [0.25, 0.3) is 0 Å². The highest BCUT2D eigenvalue weighted by Gasteiger charge is 2.14. The number of aromatic nitrogens is 2. The van der Waals surface area contributed by atoms with E-state index >= 15 is 0 Å². The van der Waals surface area contributed by atoms with E-state index in [1.54, 1.807) is 0 Å². The number of carbonyl (C=O) groups excluding carboxylic acids is 1. The number of nitrogens with zero attached hydrogens (tertiary/aromatic N) is 1. The zero-order chi connectivity index (χ0) is 19.4. The molecule has 0 fully saturated rings. The number of anilines is 2. The first-order valence-electron chi connectivity index (χ1n) is 8.07. The first kappa shape index (κ1) is 18.7. The number of hydrogen-bond donors (Lipinski definition) is 3. The summed E-state index contributed by atoms with van der Waals surface area (Å²) in [5.41, 5.74) is 7.61. The number of H-pyrrole nitrogens is 1. The maximum Gasteiger partial charge on any atom is 0.277 e. The van der Waals surface area contributed by atoms with E-state index in [0.717, 1.165) is 17.7 Å². The van der Waals surface area contributed by atoms with Crippen molar-refractivity contribution >= 4 is 29.2 Å². The quantitative estimate of drug-likeness (QED) is 0.463. The van der Waals surface area contributed by atoms with Crippen molar-refractivity contribution < 1.29 is 9.18 Å². The number of amides is 1. The molecule has 8 heteroatoms. The molecule has 0 aliphatic rings. The van der Waals surface area contributed by atoms with Crippen molar-refractivity contribution in [1.29, 1.82) is 0 Å². The lowest BCUT2D eigenvalue weighted by atomic mass is 10.2. The molecular formula is C19H17FN4O2S. The van der Waals surface area contributed by atoms with Gasteiger partial charge < -0.3 is 11.1 Å². The van der Waals surface area contributed by atoms with E-state index in [9.17, 15) is 14.0 Å². The maximum absolute atomic E-state index is 12.9. The zero-order valence-electron chi connectivity index (χ0n) is 14.5.